The Morgan fingerprint density at radius 1 is 1.31 bits per heavy atom. The quantitative estimate of drug-likeness (QED) is 0.474. The van der Waals surface area contributed by atoms with E-state index < -0.39 is 5.91 Å². The summed E-state index contributed by atoms with van der Waals surface area (Å²) in [5.41, 5.74) is 2.67. The molecule has 0 unspecified atom stereocenters. The fraction of sp³-hybridized carbons (Fsp3) is 0.455. The van der Waals surface area contributed by atoms with Crippen molar-refractivity contribution in [1.29, 1.82) is 0 Å². The first kappa shape index (κ1) is 12.4. The minimum absolute atomic E-state index is 0.00127. The predicted octanol–water partition coefficient (Wildman–Crippen LogP) is 0.665. The fourth-order valence-corrected chi connectivity index (χ4v) is 1.38. The van der Waals surface area contributed by atoms with Crippen LogP contribution in [0.3, 0.4) is 0 Å². The van der Waals surface area contributed by atoms with Crippen molar-refractivity contribution in [3.63, 3.8) is 0 Å². The van der Waals surface area contributed by atoms with E-state index in [1.54, 1.807) is 0 Å². The Hall–Kier alpha value is -1.62. The monoisotopic (exact) mass is 224 g/mol. The second-order valence-electron chi connectivity index (χ2n) is 3.60. The lowest BCUT2D eigenvalue weighted by Crippen LogP contribution is -2.28. The molecular weight excluding hydrogens is 208 g/mol. The largest absolute Gasteiger partial charge is 0.352 e. The number of allylic oxidation sites excluding steroid dienone is 3. The Kier molecular flexibility index (Phi) is 5.28. The molecule has 0 aromatic rings. The zero-order valence-corrected chi connectivity index (χ0v) is 9.03. The van der Waals surface area contributed by atoms with E-state index in [2.05, 4.69) is 11.4 Å². The molecule has 88 valence electrons. The van der Waals surface area contributed by atoms with Gasteiger partial charge >= 0.3 is 0 Å². The third-order valence-corrected chi connectivity index (χ3v) is 2.32. The summed E-state index contributed by atoms with van der Waals surface area (Å²) in [5.74, 6) is -0.728. The SMILES string of the molecule is O=C(CCC(=O)NCC1=CC=CCC1)NO. The third kappa shape index (κ3) is 4.75. The van der Waals surface area contributed by atoms with Crippen LogP contribution >= 0.6 is 0 Å². The molecule has 0 fully saturated rings. The summed E-state index contributed by atoms with van der Waals surface area (Å²) in [6.45, 7) is 0.532. The number of rotatable bonds is 5. The topological polar surface area (TPSA) is 78.4 Å². The van der Waals surface area contributed by atoms with Gasteiger partial charge in [0, 0.05) is 19.4 Å². The van der Waals surface area contributed by atoms with Crippen molar-refractivity contribution >= 4 is 11.8 Å². The molecule has 3 N–H and O–H groups in total. The van der Waals surface area contributed by atoms with Gasteiger partial charge in [-0.15, -0.1) is 0 Å². The predicted molar refractivity (Wildman–Crippen MR) is 58.6 cm³/mol. The van der Waals surface area contributed by atoms with Gasteiger partial charge in [0.1, 0.15) is 0 Å². The van der Waals surface area contributed by atoms with Gasteiger partial charge in [-0.25, -0.2) is 5.48 Å². The van der Waals surface area contributed by atoms with E-state index in [9.17, 15) is 9.59 Å². The van der Waals surface area contributed by atoms with Gasteiger partial charge in [0.25, 0.3) is 0 Å². The Morgan fingerprint density at radius 3 is 2.69 bits per heavy atom. The molecule has 0 saturated carbocycles. The van der Waals surface area contributed by atoms with Crippen molar-refractivity contribution in [2.45, 2.75) is 25.7 Å². The average molecular weight is 224 g/mol. The molecule has 1 aliphatic rings. The van der Waals surface area contributed by atoms with E-state index in [1.807, 2.05) is 12.2 Å². The summed E-state index contributed by atoms with van der Waals surface area (Å²) in [7, 11) is 0. The molecule has 5 heteroatoms. The van der Waals surface area contributed by atoms with Crippen LogP contribution in [-0.2, 0) is 9.59 Å². The van der Waals surface area contributed by atoms with Crippen molar-refractivity contribution in [3.8, 4) is 0 Å². The number of carbonyl (C=O) groups is 2. The van der Waals surface area contributed by atoms with Gasteiger partial charge in [-0.1, -0.05) is 23.8 Å². The third-order valence-electron chi connectivity index (χ3n) is 2.32. The van der Waals surface area contributed by atoms with Gasteiger partial charge in [0.2, 0.25) is 11.8 Å². The van der Waals surface area contributed by atoms with Gasteiger partial charge in [0.15, 0.2) is 0 Å². The summed E-state index contributed by atoms with van der Waals surface area (Å²) in [6, 6.07) is 0. The van der Waals surface area contributed by atoms with Gasteiger partial charge in [-0.2, -0.15) is 0 Å². The van der Waals surface area contributed by atoms with Gasteiger partial charge in [-0.3, -0.25) is 14.8 Å². The van der Waals surface area contributed by atoms with Crippen LogP contribution in [0.25, 0.3) is 0 Å². The molecule has 0 aromatic carbocycles. The lowest BCUT2D eigenvalue weighted by Gasteiger charge is -2.10. The standard InChI is InChI=1S/C11H16N2O3/c14-10(6-7-11(15)13-16)12-8-9-4-2-1-3-5-9/h1-2,4,16H,3,5-8H2,(H,12,14)(H,13,15). The number of amides is 2. The molecular formula is C11H16N2O3. The highest BCUT2D eigenvalue weighted by Crippen LogP contribution is 2.10. The van der Waals surface area contributed by atoms with Gasteiger partial charge < -0.3 is 5.32 Å². The van der Waals surface area contributed by atoms with E-state index in [-0.39, 0.29) is 18.7 Å². The van der Waals surface area contributed by atoms with Gasteiger partial charge in [0.05, 0.1) is 0 Å². The molecule has 0 saturated heterocycles. The van der Waals surface area contributed by atoms with Crippen LogP contribution in [-0.4, -0.2) is 23.6 Å². The second kappa shape index (κ2) is 6.79. The minimum atomic E-state index is -0.546. The highest BCUT2D eigenvalue weighted by atomic mass is 16.5. The van der Waals surface area contributed by atoms with Gasteiger partial charge in [-0.05, 0) is 12.8 Å². The van der Waals surface area contributed by atoms with Crippen molar-refractivity contribution in [2.75, 3.05) is 6.54 Å². The molecule has 0 spiro atoms. The minimum Gasteiger partial charge on any atom is -0.352 e. The van der Waals surface area contributed by atoms with Crippen molar-refractivity contribution in [3.05, 3.63) is 23.8 Å². The average Bonchev–Trinajstić information content (AvgIpc) is 2.34. The number of hydroxylamine groups is 1. The zero-order chi connectivity index (χ0) is 11.8. The first-order valence-corrected chi connectivity index (χ1v) is 5.26. The molecule has 0 aliphatic heterocycles. The lowest BCUT2D eigenvalue weighted by molar-refractivity contribution is -0.131. The van der Waals surface area contributed by atoms with Crippen LogP contribution in [0, 0.1) is 0 Å². The van der Waals surface area contributed by atoms with Crippen molar-refractivity contribution in [1.82, 2.24) is 10.8 Å². The maximum Gasteiger partial charge on any atom is 0.243 e. The number of hydrogen-bond acceptors (Lipinski definition) is 3. The Balaban J connectivity index is 2.17. The summed E-state index contributed by atoms with van der Waals surface area (Å²) >= 11 is 0. The molecule has 0 radical (unpaired) electrons. The van der Waals surface area contributed by atoms with Crippen LogP contribution in [0.4, 0.5) is 0 Å². The maximum atomic E-state index is 11.3. The molecule has 0 atom stereocenters. The number of nitrogens with one attached hydrogen (secondary N) is 2. The Bertz CT molecular complexity index is 321. The van der Waals surface area contributed by atoms with E-state index in [0.717, 1.165) is 12.8 Å². The first-order valence-electron chi connectivity index (χ1n) is 5.26. The second-order valence-corrected chi connectivity index (χ2v) is 3.60. The maximum absolute atomic E-state index is 11.3. The van der Waals surface area contributed by atoms with E-state index in [1.165, 1.54) is 11.1 Å². The Labute approximate surface area is 94.2 Å². The highest BCUT2D eigenvalue weighted by molar-refractivity contribution is 5.83. The fourth-order valence-electron chi connectivity index (χ4n) is 1.38. The number of carbonyl (C=O) groups excluding carboxylic acids is 2. The molecule has 5 nitrogen and oxygen atoms in total. The Morgan fingerprint density at radius 2 is 2.06 bits per heavy atom. The first-order chi connectivity index (χ1) is 7.72. The zero-order valence-electron chi connectivity index (χ0n) is 9.03. The summed E-state index contributed by atoms with van der Waals surface area (Å²) in [6.07, 6.45) is 8.12. The summed E-state index contributed by atoms with van der Waals surface area (Å²) < 4.78 is 0. The number of hydrogen-bond donors (Lipinski definition) is 3. The van der Waals surface area contributed by atoms with Crippen LogP contribution in [0.5, 0.6) is 0 Å². The summed E-state index contributed by atoms with van der Waals surface area (Å²) in [4.78, 5) is 21.9. The molecule has 2 amide bonds. The lowest BCUT2D eigenvalue weighted by atomic mass is 10.1. The smallest absolute Gasteiger partial charge is 0.243 e. The van der Waals surface area contributed by atoms with Crippen LogP contribution in [0.15, 0.2) is 23.8 Å². The van der Waals surface area contributed by atoms with Crippen LogP contribution < -0.4 is 10.8 Å². The highest BCUT2D eigenvalue weighted by Gasteiger charge is 2.06. The van der Waals surface area contributed by atoms with E-state index >= 15 is 0 Å². The normalized spacial score (nSPS) is 14.2. The van der Waals surface area contributed by atoms with Crippen molar-refractivity contribution in [2.24, 2.45) is 0 Å². The molecule has 1 aliphatic carbocycles. The van der Waals surface area contributed by atoms with Crippen LogP contribution in [0.2, 0.25) is 0 Å². The van der Waals surface area contributed by atoms with Crippen LogP contribution in [0.1, 0.15) is 25.7 Å². The summed E-state index contributed by atoms with van der Waals surface area (Å²) in [5, 5.41) is 11.0. The molecule has 0 bridgehead atoms. The van der Waals surface area contributed by atoms with E-state index in [4.69, 9.17) is 5.21 Å². The molecule has 16 heavy (non-hydrogen) atoms. The van der Waals surface area contributed by atoms with E-state index in [0.29, 0.717) is 6.54 Å². The van der Waals surface area contributed by atoms with Crippen molar-refractivity contribution < 1.29 is 14.8 Å². The molecule has 0 heterocycles. The molecule has 0 aromatic heterocycles. The molecule has 1 rings (SSSR count).